The standard InChI is InChI=1S/C12H17N3O2/c1-2-17-12(16)14-5-6-15-10(8-14)7-13-11(15)9-3-4-9/h7,9H,2-6,8H2,1H3. The number of fused-ring (bicyclic) bond motifs is 1. The van der Waals surface area contributed by atoms with Crippen molar-refractivity contribution in [3.63, 3.8) is 0 Å². The van der Waals surface area contributed by atoms with Crippen LogP contribution in [0.1, 0.15) is 37.2 Å². The molecule has 1 aliphatic heterocycles. The van der Waals surface area contributed by atoms with E-state index in [1.54, 1.807) is 4.90 Å². The van der Waals surface area contributed by atoms with Gasteiger partial charge < -0.3 is 14.2 Å². The molecule has 1 amide bonds. The summed E-state index contributed by atoms with van der Waals surface area (Å²) in [4.78, 5) is 17.9. The van der Waals surface area contributed by atoms with Gasteiger partial charge in [-0.1, -0.05) is 0 Å². The Balaban J connectivity index is 1.75. The van der Waals surface area contributed by atoms with Gasteiger partial charge in [-0.3, -0.25) is 0 Å². The Hall–Kier alpha value is -1.52. The fraction of sp³-hybridized carbons (Fsp3) is 0.667. The molecule has 1 saturated carbocycles. The van der Waals surface area contributed by atoms with Crippen molar-refractivity contribution in [3.05, 3.63) is 17.7 Å². The SMILES string of the molecule is CCOC(=O)N1CCn2c(cnc2C2CC2)C1. The van der Waals surface area contributed by atoms with Crippen LogP contribution in [0.5, 0.6) is 0 Å². The number of carbonyl (C=O) groups excluding carboxylic acids is 1. The molecule has 0 bridgehead atoms. The lowest BCUT2D eigenvalue weighted by Crippen LogP contribution is -2.38. The first kappa shape index (κ1) is 10.6. The number of imidazole rings is 1. The van der Waals surface area contributed by atoms with E-state index in [9.17, 15) is 4.79 Å². The molecule has 1 aromatic heterocycles. The van der Waals surface area contributed by atoms with Gasteiger partial charge in [-0.15, -0.1) is 0 Å². The van der Waals surface area contributed by atoms with Crippen LogP contribution >= 0.6 is 0 Å². The first-order chi connectivity index (χ1) is 8.29. The van der Waals surface area contributed by atoms with Gasteiger partial charge in [-0.25, -0.2) is 9.78 Å². The summed E-state index contributed by atoms with van der Waals surface area (Å²) in [6.45, 7) is 4.46. The topological polar surface area (TPSA) is 47.4 Å². The summed E-state index contributed by atoms with van der Waals surface area (Å²) in [6, 6.07) is 0. The third-order valence-electron chi connectivity index (χ3n) is 3.38. The predicted octanol–water partition coefficient (Wildman–Crippen LogP) is 1.73. The number of carbonyl (C=O) groups is 1. The van der Waals surface area contributed by atoms with Crippen molar-refractivity contribution in [1.29, 1.82) is 0 Å². The lowest BCUT2D eigenvalue weighted by molar-refractivity contribution is 0.0968. The Bertz CT molecular complexity index is 437. The van der Waals surface area contributed by atoms with E-state index in [4.69, 9.17) is 4.74 Å². The molecule has 5 heteroatoms. The normalized spacial score (nSPS) is 19.0. The zero-order valence-electron chi connectivity index (χ0n) is 10.1. The third kappa shape index (κ3) is 1.90. The van der Waals surface area contributed by atoms with Crippen LogP contribution in [0.4, 0.5) is 4.79 Å². The first-order valence-electron chi connectivity index (χ1n) is 6.25. The maximum absolute atomic E-state index is 11.6. The molecule has 0 unspecified atom stereocenters. The van der Waals surface area contributed by atoms with Gasteiger partial charge in [-0.05, 0) is 19.8 Å². The lowest BCUT2D eigenvalue weighted by atomic mass is 10.3. The summed E-state index contributed by atoms with van der Waals surface area (Å²) in [7, 11) is 0. The zero-order chi connectivity index (χ0) is 11.8. The highest BCUT2D eigenvalue weighted by Gasteiger charge is 2.31. The molecular weight excluding hydrogens is 218 g/mol. The van der Waals surface area contributed by atoms with Crippen molar-refractivity contribution in [1.82, 2.24) is 14.5 Å². The van der Waals surface area contributed by atoms with Crippen molar-refractivity contribution >= 4 is 6.09 Å². The Morgan fingerprint density at radius 2 is 2.35 bits per heavy atom. The van der Waals surface area contributed by atoms with Crippen LogP contribution in [0.2, 0.25) is 0 Å². The molecule has 92 valence electrons. The van der Waals surface area contributed by atoms with Crippen LogP contribution in [0.3, 0.4) is 0 Å². The minimum atomic E-state index is -0.215. The predicted molar refractivity (Wildman–Crippen MR) is 61.6 cm³/mol. The first-order valence-corrected chi connectivity index (χ1v) is 6.25. The zero-order valence-corrected chi connectivity index (χ0v) is 10.1. The van der Waals surface area contributed by atoms with E-state index < -0.39 is 0 Å². The van der Waals surface area contributed by atoms with E-state index >= 15 is 0 Å². The number of nitrogens with zero attached hydrogens (tertiary/aromatic N) is 3. The van der Waals surface area contributed by atoms with E-state index in [0.29, 0.717) is 19.1 Å². The second-order valence-corrected chi connectivity index (χ2v) is 4.65. The highest BCUT2D eigenvalue weighted by atomic mass is 16.6. The fourth-order valence-electron chi connectivity index (χ4n) is 2.34. The van der Waals surface area contributed by atoms with E-state index in [1.165, 1.54) is 18.7 Å². The molecule has 0 saturated heterocycles. The van der Waals surface area contributed by atoms with Crippen LogP contribution in [0, 0.1) is 0 Å². The van der Waals surface area contributed by atoms with E-state index in [2.05, 4.69) is 9.55 Å². The van der Waals surface area contributed by atoms with E-state index in [0.717, 1.165) is 18.8 Å². The Kier molecular flexibility index (Phi) is 2.53. The van der Waals surface area contributed by atoms with Crippen LogP contribution < -0.4 is 0 Å². The second kappa shape index (κ2) is 4.05. The van der Waals surface area contributed by atoms with Crippen LogP contribution in [-0.2, 0) is 17.8 Å². The number of ether oxygens (including phenoxy) is 1. The molecule has 0 spiro atoms. The highest BCUT2D eigenvalue weighted by molar-refractivity contribution is 5.67. The number of rotatable bonds is 2. The van der Waals surface area contributed by atoms with Crippen LogP contribution in [0.25, 0.3) is 0 Å². The molecule has 2 aliphatic rings. The maximum Gasteiger partial charge on any atom is 0.410 e. The average molecular weight is 235 g/mol. The van der Waals surface area contributed by atoms with Gasteiger partial charge in [-0.2, -0.15) is 0 Å². The molecular formula is C12H17N3O2. The van der Waals surface area contributed by atoms with Gasteiger partial charge in [0, 0.05) is 19.0 Å². The number of hydrogen-bond acceptors (Lipinski definition) is 3. The quantitative estimate of drug-likeness (QED) is 0.784. The number of aromatic nitrogens is 2. The minimum Gasteiger partial charge on any atom is -0.450 e. The Morgan fingerprint density at radius 1 is 1.53 bits per heavy atom. The summed E-state index contributed by atoms with van der Waals surface area (Å²) in [5.41, 5.74) is 1.13. The van der Waals surface area contributed by atoms with Crippen molar-refractivity contribution < 1.29 is 9.53 Å². The molecule has 1 aromatic rings. The molecule has 0 N–H and O–H groups in total. The lowest BCUT2D eigenvalue weighted by Gasteiger charge is -2.28. The highest BCUT2D eigenvalue weighted by Crippen LogP contribution is 2.40. The molecule has 5 nitrogen and oxygen atoms in total. The Labute approximate surface area is 100 Å². The van der Waals surface area contributed by atoms with Crippen molar-refractivity contribution in [2.24, 2.45) is 0 Å². The third-order valence-corrected chi connectivity index (χ3v) is 3.38. The Morgan fingerprint density at radius 3 is 3.06 bits per heavy atom. The number of amides is 1. The van der Waals surface area contributed by atoms with Crippen molar-refractivity contribution in [2.45, 2.75) is 38.8 Å². The summed E-state index contributed by atoms with van der Waals surface area (Å²) in [5.74, 6) is 1.88. The number of hydrogen-bond donors (Lipinski definition) is 0. The molecule has 3 rings (SSSR count). The molecule has 1 fully saturated rings. The van der Waals surface area contributed by atoms with Gasteiger partial charge >= 0.3 is 6.09 Å². The molecule has 1 aliphatic carbocycles. The summed E-state index contributed by atoms with van der Waals surface area (Å²) >= 11 is 0. The summed E-state index contributed by atoms with van der Waals surface area (Å²) < 4.78 is 7.29. The summed E-state index contributed by atoms with van der Waals surface area (Å²) in [6.07, 6.45) is 4.21. The van der Waals surface area contributed by atoms with Gasteiger partial charge in [0.2, 0.25) is 0 Å². The molecule has 0 atom stereocenters. The fourth-order valence-corrected chi connectivity index (χ4v) is 2.34. The van der Waals surface area contributed by atoms with E-state index in [-0.39, 0.29) is 6.09 Å². The summed E-state index contributed by atoms with van der Waals surface area (Å²) in [5, 5.41) is 0. The van der Waals surface area contributed by atoms with Gasteiger partial charge in [0.25, 0.3) is 0 Å². The largest absolute Gasteiger partial charge is 0.450 e. The van der Waals surface area contributed by atoms with E-state index in [1.807, 2.05) is 13.1 Å². The van der Waals surface area contributed by atoms with Crippen molar-refractivity contribution in [3.8, 4) is 0 Å². The van der Waals surface area contributed by atoms with Crippen LogP contribution in [0.15, 0.2) is 6.20 Å². The van der Waals surface area contributed by atoms with Crippen molar-refractivity contribution in [2.75, 3.05) is 13.2 Å². The average Bonchev–Trinajstić information content (AvgIpc) is 3.09. The van der Waals surface area contributed by atoms with Crippen LogP contribution in [-0.4, -0.2) is 33.7 Å². The minimum absolute atomic E-state index is 0.215. The van der Waals surface area contributed by atoms with Gasteiger partial charge in [0.05, 0.1) is 25.0 Å². The smallest absolute Gasteiger partial charge is 0.410 e. The van der Waals surface area contributed by atoms with Gasteiger partial charge in [0.1, 0.15) is 5.82 Å². The molecule has 0 radical (unpaired) electrons. The molecule has 2 heterocycles. The molecule has 0 aromatic carbocycles. The van der Waals surface area contributed by atoms with Gasteiger partial charge in [0.15, 0.2) is 0 Å². The monoisotopic (exact) mass is 235 g/mol. The second-order valence-electron chi connectivity index (χ2n) is 4.65. The maximum atomic E-state index is 11.6. The molecule has 17 heavy (non-hydrogen) atoms.